The maximum Gasteiger partial charge on any atom is 0.274 e. The molecule has 1 N–H and O–H groups in total. The van der Waals surface area contributed by atoms with Crippen LogP contribution < -0.4 is 10.5 Å². The number of amides is 1. The zero-order valence-corrected chi connectivity index (χ0v) is 18.1. The Morgan fingerprint density at radius 3 is 2.79 bits per heavy atom. The molecule has 33 heavy (non-hydrogen) atoms. The van der Waals surface area contributed by atoms with E-state index in [2.05, 4.69) is 15.0 Å². The summed E-state index contributed by atoms with van der Waals surface area (Å²) in [7, 11) is 0. The summed E-state index contributed by atoms with van der Waals surface area (Å²) in [6.45, 7) is 3.63. The SMILES string of the molecule is Cc1cnc2c(c1)CCN2C(=O)c1cc2[nH]c(=O)c3cnc(C4CCOCC4)n3c2cc1F. The number of nitrogens with zero attached hydrogens (tertiary/aromatic N) is 4. The van der Waals surface area contributed by atoms with Gasteiger partial charge in [-0.05, 0) is 43.4 Å². The average molecular weight is 447 g/mol. The first-order chi connectivity index (χ1) is 16.0. The number of H-pyrrole nitrogens is 1. The van der Waals surface area contributed by atoms with E-state index < -0.39 is 11.7 Å². The lowest BCUT2D eigenvalue weighted by atomic mass is 9.99. The zero-order chi connectivity index (χ0) is 22.7. The van der Waals surface area contributed by atoms with Crippen LogP contribution in [0.2, 0.25) is 0 Å². The van der Waals surface area contributed by atoms with Crippen molar-refractivity contribution < 1.29 is 13.9 Å². The van der Waals surface area contributed by atoms with Gasteiger partial charge in [0.05, 0.1) is 22.8 Å². The summed E-state index contributed by atoms with van der Waals surface area (Å²) in [4.78, 5) is 39.2. The number of benzene rings is 1. The second-order valence-corrected chi connectivity index (χ2v) is 8.73. The van der Waals surface area contributed by atoms with Crippen LogP contribution in [-0.4, -0.2) is 45.0 Å². The van der Waals surface area contributed by atoms with E-state index in [0.29, 0.717) is 48.5 Å². The highest BCUT2D eigenvalue weighted by atomic mass is 19.1. The number of fused-ring (bicyclic) bond motifs is 4. The first-order valence-corrected chi connectivity index (χ1v) is 11.1. The molecule has 0 bridgehead atoms. The fraction of sp³-hybridized carbons (Fsp3) is 0.333. The number of ether oxygens (including phenoxy) is 1. The number of rotatable bonds is 2. The second-order valence-electron chi connectivity index (χ2n) is 8.73. The molecule has 2 aliphatic rings. The highest BCUT2D eigenvalue weighted by molar-refractivity contribution is 6.08. The molecule has 1 aromatic carbocycles. The Kier molecular flexibility index (Phi) is 4.55. The molecule has 5 heterocycles. The first-order valence-electron chi connectivity index (χ1n) is 11.1. The van der Waals surface area contributed by atoms with Crippen molar-refractivity contribution in [3.63, 3.8) is 0 Å². The number of pyridine rings is 1. The minimum Gasteiger partial charge on any atom is -0.381 e. The number of hydrogen-bond donors (Lipinski definition) is 1. The van der Waals surface area contributed by atoms with Gasteiger partial charge >= 0.3 is 0 Å². The molecule has 9 heteroatoms. The lowest BCUT2D eigenvalue weighted by molar-refractivity contribution is 0.0835. The molecule has 0 aliphatic carbocycles. The molecule has 0 atom stereocenters. The van der Waals surface area contributed by atoms with E-state index in [9.17, 15) is 9.59 Å². The van der Waals surface area contributed by atoms with Crippen molar-refractivity contribution in [1.82, 2.24) is 19.4 Å². The number of halogens is 1. The van der Waals surface area contributed by atoms with Crippen molar-refractivity contribution in [3.05, 3.63) is 69.3 Å². The smallest absolute Gasteiger partial charge is 0.274 e. The molecule has 3 aromatic heterocycles. The minimum atomic E-state index is -0.645. The lowest BCUT2D eigenvalue weighted by Crippen LogP contribution is -2.30. The summed E-state index contributed by atoms with van der Waals surface area (Å²) in [6, 6.07) is 4.74. The monoisotopic (exact) mass is 447 g/mol. The second kappa shape index (κ2) is 7.48. The van der Waals surface area contributed by atoms with Gasteiger partial charge in [-0.15, -0.1) is 0 Å². The zero-order valence-electron chi connectivity index (χ0n) is 18.1. The van der Waals surface area contributed by atoms with Gasteiger partial charge in [0, 0.05) is 37.9 Å². The Hall–Kier alpha value is -3.59. The molecule has 1 fully saturated rings. The highest BCUT2D eigenvalue weighted by Gasteiger charge is 2.30. The van der Waals surface area contributed by atoms with Crippen LogP contribution in [-0.2, 0) is 11.2 Å². The van der Waals surface area contributed by atoms with E-state index in [1.54, 1.807) is 10.6 Å². The largest absolute Gasteiger partial charge is 0.381 e. The number of aromatic nitrogens is 4. The number of hydrogen-bond acceptors (Lipinski definition) is 5. The number of nitrogens with one attached hydrogen (secondary N) is 1. The molecule has 0 radical (unpaired) electrons. The molecule has 0 unspecified atom stereocenters. The van der Waals surface area contributed by atoms with Crippen molar-refractivity contribution >= 4 is 28.3 Å². The summed E-state index contributed by atoms with van der Waals surface area (Å²) < 4.78 is 22.5. The number of imidazole rings is 1. The summed E-state index contributed by atoms with van der Waals surface area (Å²) in [5.74, 6) is 0.279. The van der Waals surface area contributed by atoms with E-state index in [-0.39, 0.29) is 17.0 Å². The van der Waals surface area contributed by atoms with Crippen LogP contribution in [0.15, 0.2) is 35.4 Å². The van der Waals surface area contributed by atoms with Crippen molar-refractivity contribution in [1.29, 1.82) is 0 Å². The Morgan fingerprint density at radius 1 is 1.15 bits per heavy atom. The van der Waals surface area contributed by atoms with E-state index in [0.717, 1.165) is 29.8 Å². The van der Waals surface area contributed by atoms with Gasteiger partial charge in [0.2, 0.25) is 0 Å². The van der Waals surface area contributed by atoms with Crippen molar-refractivity contribution in [3.8, 4) is 0 Å². The molecular weight excluding hydrogens is 425 g/mol. The minimum absolute atomic E-state index is 0.0968. The number of anilines is 1. The Bertz CT molecular complexity index is 1490. The molecule has 1 saturated heterocycles. The Balaban J connectivity index is 1.48. The van der Waals surface area contributed by atoms with Gasteiger partial charge in [-0.25, -0.2) is 14.4 Å². The Morgan fingerprint density at radius 2 is 1.97 bits per heavy atom. The van der Waals surface area contributed by atoms with Crippen LogP contribution in [0.4, 0.5) is 10.2 Å². The van der Waals surface area contributed by atoms with Crippen LogP contribution in [0.3, 0.4) is 0 Å². The van der Waals surface area contributed by atoms with Crippen molar-refractivity contribution in [2.75, 3.05) is 24.7 Å². The number of carbonyl (C=O) groups excluding carboxylic acids is 1. The fourth-order valence-electron chi connectivity index (χ4n) is 4.95. The number of aryl methyl sites for hydroxylation is 1. The van der Waals surface area contributed by atoms with Gasteiger partial charge in [-0.1, -0.05) is 6.07 Å². The molecule has 6 rings (SSSR count). The Labute approximate surface area is 188 Å². The molecule has 2 aliphatic heterocycles. The van der Waals surface area contributed by atoms with Gasteiger partial charge < -0.3 is 9.72 Å². The van der Waals surface area contributed by atoms with E-state index >= 15 is 4.39 Å². The third-order valence-corrected chi connectivity index (χ3v) is 6.60. The third kappa shape index (κ3) is 3.14. The number of carbonyl (C=O) groups is 1. The van der Waals surface area contributed by atoms with Crippen molar-refractivity contribution in [2.45, 2.75) is 32.1 Å². The molecule has 4 aromatic rings. The quantitative estimate of drug-likeness (QED) is 0.510. The predicted molar refractivity (Wildman–Crippen MR) is 120 cm³/mol. The highest BCUT2D eigenvalue weighted by Crippen LogP contribution is 2.31. The maximum atomic E-state index is 15.4. The van der Waals surface area contributed by atoms with E-state index in [1.165, 1.54) is 23.2 Å². The van der Waals surface area contributed by atoms with Crippen LogP contribution in [0.5, 0.6) is 0 Å². The first kappa shape index (κ1) is 20.0. The molecule has 0 spiro atoms. The molecule has 168 valence electrons. The third-order valence-electron chi connectivity index (χ3n) is 6.60. The number of aromatic amines is 1. The van der Waals surface area contributed by atoms with Crippen molar-refractivity contribution in [2.24, 2.45) is 0 Å². The van der Waals surface area contributed by atoms with Gasteiger partial charge in [0.1, 0.15) is 23.0 Å². The van der Waals surface area contributed by atoms with Crippen LogP contribution in [0.25, 0.3) is 16.6 Å². The summed E-state index contributed by atoms with van der Waals surface area (Å²) in [5, 5.41) is 0. The predicted octanol–water partition coefficient (Wildman–Crippen LogP) is 3.12. The van der Waals surface area contributed by atoms with Crippen LogP contribution >= 0.6 is 0 Å². The van der Waals surface area contributed by atoms with Gasteiger partial charge in [0.15, 0.2) is 0 Å². The fourth-order valence-corrected chi connectivity index (χ4v) is 4.95. The van der Waals surface area contributed by atoms with E-state index in [4.69, 9.17) is 4.74 Å². The molecule has 0 saturated carbocycles. The van der Waals surface area contributed by atoms with Crippen LogP contribution in [0, 0.1) is 12.7 Å². The molecular formula is C24H22FN5O3. The maximum absolute atomic E-state index is 15.4. The summed E-state index contributed by atoms with van der Waals surface area (Å²) in [5.41, 5.74) is 2.78. The molecule has 1 amide bonds. The standard InChI is InChI=1S/C24H22FN5O3/c1-13-8-15-2-5-29(21(15)26-11-13)24(32)16-9-18-19(10-17(16)25)30-20(23(31)28-18)12-27-22(30)14-3-6-33-7-4-14/h8-12,14H,2-7H2,1H3,(H,28,31). The summed E-state index contributed by atoms with van der Waals surface area (Å²) in [6.07, 6.45) is 5.47. The normalized spacial score (nSPS) is 16.6. The lowest BCUT2D eigenvalue weighted by Gasteiger charge is -2.21. The van der Waals surface area contributed by atoms with Gasteiger partial charge in [-0.2, -0.15) is 0 Å². The average Bonchev–Trinajstić information content (AvgIpc) is 3.44. The van der Waals surface area contributed by atoms with Crippen LogP contribution in [0.1, 0.15) is 46.1 Å². The van der Waals surface area contributed by atoms with Gasteiger partial charge in [0.25, 0.3) is 11.5 Å². The molecule has 8 nitrogen and oxygen atoms in total. The van der Waals surface area contributed by atoms with E-state index in [1.807, 2.05) is 13.0 Å². The topological polar surface area (TPSA) is 92.6 Å². The summed E-state index contributed by atoms with van der Waals surface area (Å²) >= 11 is 0. The van der Waals surface area contributed by atoms with Gasteiger partial charge in [-0.3, -0.25) is 18.9 Å².